The van der Waals surface area contributed by atoms with Crippen molar-refractivity contribution in [3.8, 4) is 0 Å². The molecule has 9 heteroatoms. The summed E-state index contributed by atoms with van der Waals surface area (Å²) >= 11 is 0. The molecule has 0 aromatic rings. The largest absolute Gasteiger partial charge is 0.756 e. The number of quaternary nitrogens is 1. The third-order valence-electron chi connectivity index (χ3n) is 18.9. The SMILES string of the molecule is CCCCCCCCCCCCCCCCCCCCCC/C=C/CC/C=C/C(O)C(COP(=O)([O-])OCC[N+](C)(C)C)NC(=O)CCCCCCCCCCCCCCCCCCCCCCCCCCCCCCCCCCCCCCCCCCC. The van der Waals surface area contributed by atoms with Crippen LogP contribution >= 0.6 is 7.82 Å². The summed E-state index contributed by atoms with van der Waals surface area (Å²) in [6.45, 7) is 4.70. The molecule has 3 atom stereocenters. The predicted octanol–water partition coefficient (Wildman–Crippen LogP) is 25.5. The van der Waals surface area contributed by atoms with Gasteiger partial charge >= 0.3 is 0 Å². The Labute approximate surface area is 557 Å². The van der Waals surface area contributed by atoms with Crippen molar-refractivity contribution >= 4 is 13.7 Å². The number of rotatable bonds is 76. The third-order valence-corrected chi connectivity index (χ3v) is 19.9. The van der Waals surface area contributed by atoms with E-state index in [-0.39, 0.29) is 19.1 Å². The number of aliphatic hydroxyl groups excluding tert-OH is 1. The number of amides is 1. The highest BCUT2D eigenvalue weighted by Crippen LogP contribution is 2.38. The highest BCUT2D eigenvalue weighted by molar-refractivity contribution is 7.45. The minimum atomic E-state index is -4.61. The van der Waals surface area contributed by atoms with Crippen LogP contribution in [0.5, 0.6) is 0 Å². The van der Waals surface area contributed by atoms with Crippen LogP contribution < -0.4 is 10.2 Å². The van der Waals surface area contributed by atoms with Crippen molar-refractivity contribution < 1.29 is 32.9 Å². The van der Waals surface area contributed by atoms with E-state index in [9.17, 15) is 19.4 Å². The first-order valence-corrected chi connectivity index (χ1v) is 41.7. The fourth-order valence-electron chi connectivity index (χ4n) is 12.7. The van der Waals surface area contributed by atoms with E-state index in [0.29, 0.717) is 17.4 Å². The van der Waals surface area contributed by atoms with Crippen molar-refractivity contribution in [1.29, 1.82) is 0 Å². The van der Waals surface area contributed by atoms with Crippen LogP contribution in [0.1, 0.15) is 431 Å². The van der Waals surface area contributed by atoms with Gasteiger partial charge < -0.3 is 28.8 Å². The van der Waals surface area contributed by atoms with Gasteiger partial charge in [-0.25, -0.2) is 0 Å². The summed E-state index contributed by atoms with van der Waals surface area (Å²) in [4.78, 5) is 25.7. The maximum atomic E-state index is 13.1. The molecule has 8 nitrogen and oxygen atoms in total. The number of likely N-dealkylation sites (N-methyl/N-ethyl adjacent to an activating group) is 1. The summed E-state index contributed by atoms with van der Waals surface area (Å²) in [7, 11) is 1.27. The van der Waals surface area contributed by atoms with Crippen molar-refractivity contribution in [2.45, 2.75) is 443 Å². The quantitative estimate of drug-likeness (QED) is 0.0272. The number of allylic oxidation sites excluding steroid dienone is 3. The van der Waals surface area contributed by atoms with E-state index in [1.165, 1.54) is 372 Å². The van der Waals surface area contributed by atoms with Crippen molar-refractivity contribution in [1.82, 2.24) is 5.32 Å². The minimum Gasteiger partial charge on any atom is -0.756 e. The molecule has 0 aromatic heterocycles. The van der Waals surface area contributed by atoms with Crippen LogP contribution in [0.15, 0.2) is 24.3 Å². The molecule has 530 valence electrons. The zero-order valence-electron chi connectivity index (χ0n) is 60.9. The molecular formula is C80H159N2O6P. The number of nitrogens with zero attached hydrogens (tertiary/aromatic N) is 1. The van der Waals surface area contributed by atoms with Crippen LogP contribution in [0.2, 0.25) is 0 Å². The van der Waals surface area contributed by atoms with Crippen LogP contribution in [-0.2, 0) is 18.4 Å². The van der Waals surface area contributed by atoms with Gasteiger partial charge in [-0.05, 0) is 32.1 Å². The van der Waals surface area contributed by atoms with E-state index >= 15 is 0 Å². The molecule has 3 unspecified atom stereocenters. The van der Waals surface area contributed by atoms with Crippen LogP contribution in [0.3, 0.4) is 0 Å². The zero-order valence-corrected chi connectivity index (χ0v) is 61.8. The second-order valence-electron chi connectivity index (χ2n) is 29.1. The molecular weight excluding hydrogens is 1120 g/mol. The molecule has 89 heavy (non-hydrogen) atoms. The molecule has 0 saturated carbocycles. The number of hydrogen-bond donors (Lipinski definition) is 2. The molecule has 2 N–H and O–H groups in total. The zero-order chi connectivity index (χ0) is 64.8. The summed E-state index contributed by atoms with van der Waals surface area (Å²) < 4.78 is 23.5. The summed E-state index contributed by atoms with van der Waals surface area (Å²) in [5.74, 6) is -0.197. The van der Waals surface area contributed by atoms with Crippen molar-refractivity contribution in [3.63, 3.8) is 0 Å². The second kappa shape index (κ2) is 71.3. The molecule has 0 aliphatic rings. The average molecular weight is 1280 g/mol. The highest BCUT2D eigenvalue weighted by atomic mass is 31.2. The van der Waals surface area contributed by atoms with E-state index in [4.69, 9.17) is 9.05 Å². The van der Waals surface area contributed by atoms with Crippen LogP contribution in [0.25, 0.3) is 0 Å². The number of aliphatic hydroxyl groups is 1. The molecule has 0 aliphatic carbocycles. The molecule has 0 saturated heterocycles. The first kappa shape index (κ1) is 88.0. The van der Waals surface area contributed by atoms with Gasteiger partial charge in [-0.2, -0.15) is 0 Å². The summed E-state index contributed by atoms with van der Waals surface area (Å²) in [6.07, 6.45) is 95.1. The van der Waals surface area contributed by atoms with E-state index < -0.39 is 20.0 Å². The van der Waals surface area contributed by atoms with E-state index in [1.807, 2.05) is 27.2 Å². The molecule has 1 amide bonds. The Hall–Kier alpha value is -1.02. The maximum absolute atomic E-state index is 13.1. The molecule has 0 aromatic carbocycles. The lowest BCUT2D eigenvalue weighted by atomic mass is 10.0. The minimum absolute atomic E-state index is 0.00330. The topological polar surface area (TPSA) is 108 Å². The monoisotopic (exact) mass is 1280 g/mol. The first-order valence-electron chi connectivity index (χ1n) is 40.2. The van der Waals surface area contributed by atoms with Gasteiger partial charge in [0.15, 0.2) is 0 Å². The molecule has 0 spiro atoms. The van der Waals surface area contributed by atoms with Gasteiger partial charge in [0.05, 0.1) is 39.9 Å². The Morgan fingerprint density at radius 2 is 0.629 bits per heavy atom. The van der Waals surface area contributed by atoms with Gasteiger partial charge in [0.2, 0.25) is 5.91 Å². The van der Waals surface area contributed by atoms with Crippen LogP contribution in [-0.4, -0.2) is 68.5 Å². The molecule has 0 aliphatic heterocycles. The van der Waals surface area contributed by atoms with Gasteiger partial charge in [-0.1, -0.05) is 417 Å². The van der Waals surface area contributed by atoms with Crippen LogP contribution in [0.4, 0.5) is 0 Å². The summed E-state index contributed by atoms with van der Waals surface area (Å²) in [5, 5.41) is 14.0. The van der Waals surface area contributed by atoms with E-state index in [2.05, 4.69) is 31.3 Å². The normalized spacial score (nSPS) is 13.6. The lowest BCUT2D eigenvalue weighted by Gasteiger charge is -2.29. The standard InChI is InChI=1S/C80H159N2O6P/c1-6-8-10-12-14-16-18-20-22-24-26-28-30-32-34-35-36-37-38-39-40-41-42-43-44-45-46-47-48-50-52-54-56-58-60-62-64-66-68-70-72-74-80(84)81-78(77-88-89(85,86)87-76-75-82(3,4)5)79(83)73-71-69-67-65-63-61-59-57-55-53-51-49-33-31-29-27-25-23-21-19-17-15-13-11-9-7-2/h63,65,71,73,78-79,83H,6-62,64,66-70,72,74-77H2,1-5H3,(H-,81,84,85,86)/b65-63+,73-71+. The first-order chi connectivity index (χ1) is 43.5. The van der Waals surface area contributed by atoms with Crippen molar-refractivity contribution in [2.24, 2.45) is 0 Å². The Kier molecular flexibility index (Phi) is 70.5. The molecule has 0 rings (SSSR count). The third kappa shape index (κ3) is 74.2. The predicted molar refractivity (Wildman–Crippen MR) is 390 cm³/mol. The van der Waals surface area contributed by atoms with Gasteiger partial charge in [-0.15, -0.1) is 0 Å². The smallest absolute Gasteiger partial charge is 0.268 e. The van der Waals surface area contributed by atoms with Gasteiger partial charge in [0.1, 0.15) is 13.2 Å². The van der Waals surface area contributed by atoms with E-state index in [1.54, 1.807) is 6.08 Å². The fraction of sp³-hybridized carbons (Fsp3) is 0.938. The van der Waals surface area contributed by atoms with Gasteiger partial charge in [-0.3, -0.25) is 9.36 Å². The van der Waals surface area contributed by atoms with Crippen LogP contribution in [0, 0.1) is 0 Å². The Balaban J connectivity index is 3.90. The van der Waals surface area contributed by atoms with Gasteiger partial charge in [0, 0.05) is 6.42 Å². The summed E-state index contributed by atoms with van der Waals surface area (Å²) in [6, 6.07) is -0.902. The number of phosphoric acid groups is 1. The Bertz CT molecular complexity index is 1500. The molecule has 0 bridgehead atoms. The average Bonchev–Trinajstić information content (AvgIpc) is 3.64. The molecule has 0 radical (unpaired) electrons. The summed E-state index contributed by atoms with van der Waals surface area (Å²) in [5.41, 5.74) is 0. The molecule has 0 fully saturated rings. The number of carbonyl (C=O) groups excluding carboxylic acids is 1. The van der Waals surface area contributed by atoms with Gasteiger partial charge in [0.25, 0.3) is 7.82 Å². The lowest BCUT2D eigenvalue weighted by Crippen LogP contribution is -2.45. The number of carbonyl (C=O) groups is 1. The number of unbranched alkanes of at least 4 members (excludes halogenated alkanes) is 61. The fourth-order valence-corrected chi connectivity index (χ4v) is 13.4. The Morgan fingerprint density at radius 1 is 0.382 bits per heavy atom. The second-order valence-corrected chi connectivity index (χ2v) is 30.5. The van der Waals surface area contributed by atoms with E-state index in [0.717, 1.165) is 38.5 Å². The maximum Gasteiger partial charge on any atom is 0.268 e. The molecule has 0 heterocycles. The van der Waals surface area contributed by atoms with Crippen molar-refractivity contribution in [2.75, 3.05) is 40.9 Å². The lowest BCUT2D eigenvalue weighted by molar-refractivity contribution is -0.870. The number of nitrogens with one attached hydrogen (secondary N) is 1. The number of hydrogen-bond acceptors (Lipinski definition) is 6. The Morgan fingerprint density at radius 3 is 0.910 bits per heavy atom. The highest BCUT2D eigenvalue weighted by Gasteiger charge is 2.23. The number of phosphoric ester groups is 1. The van der Waals surface area contributed by atoms with Crippen molar-refractivity contribution in [3.05, 3.63) is 24.3 Å².